The number of aromatic hydroxyl groups is 2. The third-order valence-electron chi connectivity index (χ3n) is 8.61. The molecule has 5 atom stereocenters. The first kappa shape index (κ1) is 25.7. The SMILES string of the molecule is C=C(C)C(O)Cc1c(O)cc(O)c2c1OC13C(=C[C@@]4(OC)C[C@H]1C(C)(C)O[C@@]3(CC=C(C)C)C4=O)C2=O. The number of ketones is 2. The Kier molecular flexibility index (Phi) is 5.41. The van der Waals surface area contributed by atoms with E-state index in [0.717, 1.165) is 11.6 Å². The molecule has 198 valence electrons. The van der Waals surface area contributed by atoms with Crippen molar-refractivity contribution in [2.24, 2.45) is 5.92 Å². The van der Waals surface area contributed by atoms with Crippen molar-refractivity contribution in [1.82, 2.24) is 0 Å². The zero-order valence-electron chi connectivity index (χ0n) is 22.1. The van der Waals surface area contributed by atoms with Crippen LogP contribution in [0.2, 0.25) is 0 Å². The molecule has 1 spiro atoms. The fourth-order valence-corrected chi connectivity index (χ4v) is 6.76. The molecule has 3 aliphatic carbocycles. The Morgan fingerprint density at radius 1 is 1.24 bits per heavy atom. The highest BCUT2D eigenvalue weighted by Gasteiger charge is 2.84. The number of hydrogen-bond donors (Lipinski definition) is 3. The van der Waals surface area contributed by atoms with Gasteiger partial charge in [-0.2, -0.15) is 0 Å². The topological polar surface area (TPSA) is 123 Å². The Morgan fingerprint density at radius 3 is 2.51 bits per heavy atom. The lowest BCUT2D eigenvalue weighted by Crippen LogP contribution is -2.77. The van der Waals surface area contributed by atoms with E-state index in [9.17, 15) is 24.9 Å². The van der Waals surface area contributed by atoms with E-state index in [1.54, 1.807) is 6.92 Å². The van der Waals surface area contributed by atoms with Crippen molar-refractivity contribution in [1.29, 1.82) is 0 Å². The number of phenols is 2. The monoisotopic (exact) mass is 510 g/mol. The molecule has 2 unspecified atom stereocenters. The second kappa shape index (κ2) is 7.79. The van der Waals surface area contributed by atoms with E-state index in [0.29, 0.717) is 5.57 Å². The summed E-state index contributed by atoms with van der Waals surface area (Å²) in [7, 11) is 1.45. The number of rotatable bonds is 6. The lowest BCUT2D eigenvalue weighted by atomic mass is 9.49. The Balaban J connectivity index is 1.85. The highest BCUT2D eigenvalue weighted by atomic mass is 16.6. The van der Waals surface area contributed by atoms with Crippen molar-refractivity contribution in [2.45, 2.75) is 82.4 Å². The van der Waals surface area contributed by atoms with Crippen LogP contribution in [0.5, 0.6) is 17.2 Å². The molecule has 2 aliphatic heterocycles. The van der Waals surface area contributed by atoms with Gasteiger partial charge in [0.1, 0.15) is 28.4 Å². The van der Waals surface area contributed by atoms with Crippen molar-refractivity contribution in [3.05, 3.63) is 52.6 Å². The van der Waals surface area contributed by atoms with Crippen molar-refractivity contribution < 1.29 is 39.1 Å². The summed E-state index contributed by atoms with van der Waals surface area (Å²) in [6, 6.07) is 1.07. The molecule has 6 rings (SSSR count). The maximum absolute atomic E-state index is 14.3. The number of hydrogen-bond acceptors (Lipinski definition) is 8. The lowest BCUT2D eigenvalue weighted by Gasteiger charge is -2.59. The molecule has 1 aromatic rings. The molecule has 1 saturated heterocycles. The molecular formula is C29H34O8. The summed E-state index contributed by atoms with van der Waals surface area (Å²) in [6.07, 6.45) is 2.69. The molecule has 37 heavy (non-hydrogen) atoms. The van der Waals surface area contributed by atoms with E-state index < -0.39 is 46.0 Å². The molecular weight excluding hydrogens is 476 g/mol. The number of phenolic OH excluding ortho intramolecular Hbond substituents is 2. The maximum Gasteiger partial charge on any atom is 0.205 e. The van der Waals surface area contributed by atoms with Crippen LogP contribution in [0.15, 0.2) is 41.5 Å². The highest BCUT2D eigenvalue weighted by molar-refractivity contribution is 6.19. The zero-order valence-corrected chi connectivity index (χ0v) is 22.1. The predicted octanol–water partition coefficient (Wildman–Crippen LogP) is 3.71. The largest absolute Gasteiger partial charge is 0.507 e. The molecule has 8 heteroatoms. The summed E-state index contributed by atoms with van der Waals surface area (Å²) in [4.78, 5) is 28.5. The van der Waals surface area contributed by atoms with Crippen LogP contribution >= 0.6 is 0 Å². The Morgan fingerprint density at radius 2 is 1.92 bits per heavy atom. The quantitative estimate of drug-likeness (QED) is 0.495. The van der Waals surface area contributed by atoms with Crippen molar-refractivity contribution in [3.63, 3.8) is 0 Å². The van der Waals surface area contributed by atoms with Gasteiger partial charge in [0.05, 0.1) is 11.7 Å². The van der Waals surface area contributed by atoms with Crippen LogP contribution in [-0.4, -0.2) is 62.5 Å². The molecule has 2 fully saturated rings. The van der Waals surface area contributed by atoms with E-state index >= 15 is 0 Å². The summed E-state index contributed by atoms with van der Waals surface area (Å²) in [5.74, 6) is -2.15. The summed E-state index contributed by atoms with van der Waals surface area (Å²) < 4.78 is 19.3. The number of carbonyl (C=O) groups is 2. The lowest BCUT2D eigenvalue weighted by molar-refractivity contribution is -0.190. The van der Waals surface area contributed by atoms with Crippen LogP contribution in [0.3, 0.4) is 0 Å². The van der Waals surface area contributed by atoms with Gasteiger partial charge < -0.3 is 29.5 Å². The fourth-order valence-electron chi connectivity index (χ4n) is 6.76. The molecule has 0 amide bonds. The number of fused-ring (bicyclic) bond motifs is 1. The average molecular weight is 511 g/mol. The Hall–Kier alpha value is -2.94. The van der Waals surface area contributed by atoms with Crippen molar-refractivity contribution in [2.75, 3.05) is 7.11 Å². The molecule has 8 nitrogen and oxygen atoms in total. The van der Waals surface area contributed by atoms with E-state index in [1.165, 1.54) is 13.2 Å². The van der Waals surface area contributed by atoms with Gasteiger partial charge in [0.15, 0.2) is 17.0 Å². The Bertz CT molecular complexity index is 1320. The molecule has 2 heterocycles. The molecule has 0 aromatic heterocycles. The minimum absolute atomic E-state index is 0.0487. The Labute approximate surface area is 216 Å². The van der Waals surface area contributed by atoms with Crippen LogP contribution in [0.25, 0.3) is 0 Å². The van der Waals surface area contributed by atoms with Crippen LogP contribution in [0.1, 0.15) is 63.4 Å². The number of methoxy groups -OCH3 is 1. The minimum Gasteiger partial charge on any atom is -0.507 e. The number of ether oxygens (including phenoxy) is 3. The smallest absolute Gasteiger partial charge is 0.205 e. The van der Waals surface area contributed by atoms with Crippen molar-refractivity contribution >= 4 is 11.6 Å². The summed E-state index contributed by atoms with van der Waals surface area (Å²) in [5.41, 5.74) is -3.71. The van der Waals surface area contributed by atoms with Gasteiger partial charge in [0.25, 0.3) is 0 Å². The average Bonchev–Trinajstić information content (AvgIpc) is 2.97. The van der Waals surface area contributed by atoms with Gasteiger partial charge in [-0.1, -0.05) is 23.8 Å². The third kappa shape index (κ3) is 3.06. The number of aliphatic hydroxyl groups is 1. The molecule has 3 N–H and O–H groups in total. The van der Waals surface area contributed by atoms with E-state index in [2.05, 4.69) is 6.58 Å². The fraction of sp³-hybridized carbons (Fsp3) is 0.517. The van der Waals surface area contributed by atoms with Gasteiger partial charge in [-0.3, -0.25) is 9.59 Å². The minimum atomic E-state index is -1.59. The molecule has 1 aromatic carbocycles. The van der Waals surface area contributed by atoms with Gasteiger partial charge in [-0.25, -0.2) is 0 Å². The van der Waals surface area contributed by atoms with Crippen molar-refractivity contribution in [3.8, 4) is 17.2 Å². The van der Waals surface area contributed by atoms with E-state index in [-0.39, 0.29) is 53.2 Å². The number of aliphatic hydroxyl groups excluding tert-OH is 1. The second-order valence-corrected chi connectivity index (χ2v) is 11.6. The normalized spacial score (nSPS) is 33.3. The maximum atomic E-state index is 14.3. The first-order chi connectivity index (χ1) is 17.2. The van der Waals surface area contributed by atoms with Gasteiger partial charge in [-0.05, 0) is 47.1 Å². The first-order valence-corrected chi connectivity index (χ1v) is 12.5. The van der Waals surface area contributed by atoms with E-state index in [4.69, 9.17) is 14.2 Å². The van der Waals surface area contributed by atoms with Gasteiger partial charge in [-0.15, -0.1) is 0 Å². The van der Waals surface area contributed by atoms with Crippen LogP contribution < -0.4 is 4.74 Å². The third-order valence-corrected chi connectivity index (χ3v) is 8.61. The van der Waals surface area contributed by atoms with Gasteiger partial charge >= 0.3 is 0 Å². The molecule has 0 radical (unpaired) electrons. The summed E-state index contributed by atoms with van der Waals surface area (Å²) in [6.45, 7) is 13.0. The number of Topliss-reactive ketones (excluding diaryl/α,β-unsaturated/α-hetero) is 2. The molecule has 4 bridgehead atoms. The first-order valence-electron chi connectivity index (χ1n) is 12.5. The van der Waals surface area contributed by atoms with Gasteiger partial charge in [0, 0.05) is 43.1 Å². The number of carbonyl (C=O) groups excluding carboxylic acids is 2. The zero-order chi connectivity index (χ0) is 27.3. The van der Waals surface area contributed by atoms with Crippen LogP contribution in [0, 0.1) is 5.92 Å². The summed E-state index contributed by atoms with van der Waals surface area (Å²) >= 11 is 0. The number of benzene rings is 1. The highest BCUT2D eigenvalue weighted by Crippen LogP contribution is 2.69. The standard InChI is InChI=1S/C29H34O8/c1-14(2)8-9-28-25(34)27(35-7)12-17-23(33)22-20(32)11-19(31)16(10-18(30)15(3)4)24(22)36-29(17,28)21(13-27)26(5,6)37-28/h8,11-12,18,21,30-32H,3,9-10,13H2,1-2,4-7H3/t18?,21-,27+,28-,29?/m0/s1. The van der Waals surface area contributed by atoms with E-state index in [1.807, 2.05) is 33.8 Å². The predicted molar refractivity (Wildman–Crippen MR) is 135 cm³/mol. The number of allylic oxidation sites excluding steroid dienone is 1. The second-order valence-electron chi connectivity index (χ2n) is 11.6. The van der Waals surface area contributed by atoms with Crippen LogP contribution in [-0.2, 0) is 20.7 Å². The van der Waals surface area contributed by atoms with Gasteiger partial charge in [0.2, 0.25) is 5.78 Å². The molecule has 5 aliphatic rings. The molecule has 1 saturated carbocycles. The summed E-state index contributed by atoms with van der Waals surface area (Å²) in [5, 5.41) is 32.2. The van der Waals surface area contributed by atoms with Crippen LogP contribution in [0.4, 0.5) is 0 Å².